The number of amidine groups is 1. The van der Waals surface area contributed by atoms with Crippen LogP contribution in [0.2, 0.25) is 0 Å². The monoisotopic (exact) mass is 372 g/mol. The van der Waals surface area contributed by atoms with Crippen LogP contribution in [0.25, 0.3) is 0 Å². The number of benzene rings is 2. The third-order valence-electron chi connectivity index (χ3n) is 3.86. The van der Waals surface area contributed by atoms with Crippen LogP contribution in [0, 0.1) is 0 Å². The van der Waals surface area contributed by atoms with Gasteiger partial charge in [0.1, 0.15) is 5.84 Å². The van der Waals surface area contributed by atoms with Crippen LogP contribution in [0.3, 0.4) is 0 Å². The van der Waals surface area contributed by atoms with Gasteiger partial charge in [-0.05, 0) is 31.2 Å². The number of carbonyl (C=O) groups excluding carboxylic acids is 1. The van der Waals surface area contributed by atoms with E-state index in [-0.39, 0.29) is 4.90 Å². The van der Waals surface area contributed by atoms with Gasteiger partial charge in [-0.1, -0.05) is 30.3 Å². The summed E-state index contributed by atoms with van der Waals surface area (Å²) in [4.78, 5) is 16.8. The number of amides is 1. The molecule has 26 heavy (non-hydrogen) atoms. The van der Waals surface area contributed by atoms with Crippen LogP contribution >= 0.6 is 0 Å². The first-order chi connectivity index (χ1) is 12.5. The van der Waals surface area contributed by atoms with Gasteiger partial charge in [0.25, 0.3) is 0 Å². The number of nitrogens with zero attached hydrogens (tertiary/aromatic N) is 1. The molecule has 3 N–H and O–H groups in total. The Morgan fingerprint density at radius 3 is 2.62 bits per heavy atom. The van der Waals surface area contributed by atoms with Crippen molar-refractivity contribution in [2.75, 3.05) is 18.4 Å². The van der Waals surface area contributed by atoms with Gasteiger partial charge in [0.15, 0.2) is 0 Å². The maximum absolute atomic E-state index is 12.4. The fraction of sp³-hybridized carbons (Fsp3) is 0.222. The van der Waals surface area contributed by atoms with Gasteiger partial charge in [0, 0.05) is 17.8 Å². The van der Waals surface area contributed by atoms with Crippen LogP contribution in [0.15, 0.2) is 64.5 Å². The van der Waals surface area contributed by atoms with Gasteiger partial charge >= 0.3 is 0 Å². The summed E-state index contributed by atoms with van der Waals surface area (Å²) in [6.07, 6.45) is 0. The molecule has 1 atom stereocenters. The average Bonchev–Trinajstić information content (AvgIpc) is 3.17. The molecule has 136 valence electrons. The summed E-state index contributed by atoms with van der Waals surface area (Å²) in [7, 11) is -3.76. The van der Waals surface area contributed by atoms with Crippen LogP contribution in [0.5, 0.6) is 0 Å². The molecule has 1 unspecified atom stereocenters. The van der Waals surface area contributed by atoms with Crippen molar-refractivity contribution in [2.24, 2.45) is 4.99 Å². The lowest BCUT2D eigenvalue weighted by Gasteiger charge is -2.15. The minimum absolute atomic E-state index is 0.118. The zero-order valence-corrected chi connectivity index (χ0v) is 15.1. The van der Waals surface area contributed by atoms with Gasteiger partial charge in [0.2, 0.25) is 15.9 Å². The van der Waals surface area contributed by atoms with Crippen molar-refractivity contribution in [3.05, 3.63) is 60.2 Å². The molecule has 1 aliphatic rings. The Kier molecular flexibility index (Phi) is 5.34. The predicted octanol–water partition coefficient (Wildman–Crippen LogP) is 1.34. The number of carbonyl (C=O) groups is 1. The number of sulfonamides is 1. The fourth-order valence-corrected chi connectivity index (χ4v) is 3.76. The molecule has 0 fully saturated rings. The Bertz CT molecular complexity index is 926. The van der Waals surface area contributed by atoms with E-state index in [1.54, 1.807) is 30.3 Å². The summed E-state index contributed by atoms with van der Waals surface area (Å²) in [6.45, 7) is 3.02. The lowest BCUT2D eigenvalue weighted by Crippen LogP contribution is -2.41. The Labute approximate surface area is 152 Å². The highest BCUT2D eigenvalue weighted by atomic mass is 32.2. The Balaban J connectivity index is 1.67. The van der Waals surface area contributed by atoms with E-state index in [0.717, 1.165) is 24.5 Å². The maximum atomic E-state index is 12.4. The molecule has 1 amide bonds. The van der Waals surface area contributed by atoms with Crippen molar-refractivity contribution in [1.29, 1.82) is 0 Å². The molecule has 0 spiro atoms. The van der Waals surface area contributed by atoms with E-state index < -0.39 is 22.0 Å². The standard InChI is InChI=1S/C18H20N4O3S/c1-13(22-26(24,25)16-8-3-2-4-9-16)18(23)21-15-7-5-6-14(12-15)17-19-10-11-20-17/h2-9,12-13,22H,10-11H2,1H3,(H,19,20)(H,21,23). The first-order valence-electron chi connectivity index (χ1n) is 8.23. The summed E-state index contributed by atoms with van der Waals surface area (Å²) < 4.78 is 27.0. The minimum atomic E-state index is -3.76. The van der Waals surface area contributed by atoms with Crippen molar-refractivity contribution in [3.63, 3.8) is 0 Å². The van der Waals surface area contributed by atoms with Gasteiger partial charge in [0.05, 0.1) is 17.5 Å². The number of nitrogens with one attached hydrogen (secondary N) is 3. The molecule has 0 saturated heterocycles. The molecular weight excluding hydrogens is 352 g/mol. The Morgan fingerprint density at radius 2 is 1.92 bits per heavy atom. The van der Waals surface area contributed by atoms with Crippen LogP contribution < -0.4 is 15.4 Å². The van der Waals surface area contributed by atoms with E-state index in [2.05, 4.69) is 20.3 Å². The summed E-state index contributed by atoms with van der Waals surface area (Å²) in [6, 6.07) is 14.3. The molecule has 0 aliphatic carbocycles. The highest BCUT2D eigenvalue weighted by Crippen LogP contribution is 2.13. The second-order valence-corrected chi connectivity index (χ2v) is 7.60. The second-order valence-electron chi connectivity index (χ2n) is 5.88. The number of hydrogen-bond donors (Lipinski definition) is 3. The van der Waals surface area contributed by atoms with E-state index in [1.165, 1.54) is 19.1 Å². The van der Waals surface area contributed by atoms with Gasteiger partial charge < -0.3 is 10.6 Å². The Hall–Kier alpha value is -2.71. The molecule has 0 radical (unpaired) electrons. The molecule has 0 saturated carbocycles. The third kappa shape index (κ3) is 4.27. The van der Waals surface area contributed by atoms with Crippen molar-refractivity contribution < 1.29 is 13.2 Å². The number of rotatable bonds is 6. The van der Waals surface area contributed by atoms with Crippen molar-refractivity contribution in [2.45, 2.75) is 17.9 Å². The third-order valence-corrected chi connectivity index (χ3v) is 5.41. The molecule has 0 aromatic heterocycles. The zero-order chi connectivity index (χ0) is 18.6. The van der Waals surface area contributed by atoms with Gasteiger partial charge in [-0.15, -0.1) is 0 Å². The van der Waals surface area contributed by atoms with Crippen LogP contribution in [0.1, 0.15) is 12.5 Å². The molecule has 1 aliphatic heterocycles. The van der Waals surface area contributed by atoms with E-state index in [0.29, 0.717) is 5.69 Å². The molecule has 2 aromatic carbocycles. The van der Waals surface area contributed by atoms with E-state index in [4.69, 9.17) is 0 Å². The molecule has 0 bridgehead atoms. The average molecular weight is 372 g/mol. The molecular formula is C18H20N4O3S. The number of hydrogen-bond acceptors (Lipinski definition) is 5. The lowest BCUT2D eigenvalue weighted by atomic mass is 10.2. The largest absolute Gasteiger partial charge is 0.368 e. The SMILES string of the molecule is CC(NS(=O)(=O)c1ccccc1)C(=O)Nc1cccc(C2=NCCN2)c1. The van der Waals surface area contributed by atoms with Crippen LogP contribution in [-0.4, -0.2) is 39.3 Å². The van der Waals surface area contributed by atoms with Crippen LogP contribution in [-0.2, 0) is 14.8 Å². The predicted molar refractivity (Wildman–Crippen MR) is 101 cm³/mol. The molecule has 1 heterocycles. The van der Waals surface area contributed by atoms with E-state index >= 15 is 0 Å². The zero-order valence-electron chi connectivity index (χ0n) is 14.3. The van der Waals surface area contributed by atoms with Crippen LogP contribution in [0.4, 0.5) is 5.69 Å². The lowest BCUT2D eigenvalue weighted by molar-refractivity contribution is -0.117. The van der Waals surface area contributed by atoms with Crippen molar-refractivity contribution in [1.82, 2.24) is 10.0 Å². The molecule has 2 aromatic rings. The summed E-state index contributed by atoms with van der Waals surface area (Å²) in [5.41, 5.74) is 1.45. The molecule has 7 nitrogen and oxygen atoms in total. The number of anilines is 1. The summed E-state index contributed by atoms with van der Waals surface area (Å²) in [5, 5.41) is 5.90. The maximum Gasteiger partial charge on any atom is 0.242 e. The van der Waals surface area contributed by atoms with Gasteiger partial charge in [-0.3, -0.25) is 9.79 Å². The highest BCUT2D eigenvalue weighted by Gasteiger charge is 2.22. The summed E-state index contributed by atoms with van der Waals surface area (Å²) >= 11 is 0. The van der Waals surface area contributed by atoms with Crippen molar-refractivity contribution >= 4 is 27.5 Å². The highest BCUT2D eigenvalue weighted by molar-refractivity contribution is 7.89. The minimum Gasteiger partial charge on any atom is -0.368 e. The Morgan fingerprint density at radius 1 is 1.15 bits per heavy atom. The molecule has 8 heteroatoms. The van der Waals surface area contributed by atoms with Crippen molar-refractivity contribution in [3.8, 4) is 0 Å². The van der Waals surface area contributed by atoms with E-state index in [9.17, 15) is 13.2 Å². The van der Waals surface area contributed by atoms with E-state index in [1.807, 2.05) is 12.1 Å². The summed E-state index contributed by atoms with van der Waals surface area (Å²) in [5.74, 6) is 0.349. The topological polar surface area (TPSA) is 99.7 Å². The normalized spacial score (nSPS) is 15.0. The molecule has 3 rings (SSSR count). The second kappa shape index (κ2) is 7.67. The fourth-order valence-electron chi connectivity index (χ4n) is 2.54. The van der Waals surface area contributed by atoms with Gasteiger partial charge in [-0.25, -0.2) is 8.42 Å². The number of aliphatic imine (C=N–C) groups is 1. The smallest absolute Gasteiger partial charge is 0.242 e. The van der Waals surface area contributed by atoms with Gasteiger partial charge in [-0.2, -0.15) is 4.72 Å². The first-order valence-corrected chi connectivity index (χ1v) is 9.71. The quantitative estimate of drug-likeness (QED) is 0.712. The first kappa shape index (κ1) is 18.1.